The van der Waals surface area contributed by atoms with Crippen molar-refractivity contribution in [2.24, 2.45) is 0 Å². The van der Waals surface area contributed by atoms with Gasteiger partial charge < -0.3 is 10.1 Å². The number of ether oxygens (including phenoxy) is 1. The molecule has 8 heteroatoms. The van der Waals surface area contributed by atoms with E-state index >= 15 is 0 Å². The molecule has 2 amide bonds. The number of hydrogen-bond donors (Lipinski definition) is 3. The van der Waals surface area contributed by atoms with Crippen molar-refractivity contribution in [3.63, 3.8) is 0 Å². The van der Waals surface area contributed by atoms with Gasteiger partial charge in [-0.3, -0.25) is 20.4 Å². The number of nitrogens with one attached hydrogen (secondary N) is 3. The third-order valence-electron chi connectivity index (χ3n) is 3.71. The highest BCUT2D eigenvalue weighted by Gasteiger charge is 2.17. The molecule has 2 aromatic rings. The van der Waals surface area contributed by atoms with Crippen LogP contribution in [0.25, 0.3) is 0 Å². The molecule has 0 saturated heterocycles. The minimum absolute atomic E-state index is 0.0163. The van der Waals surface area contributed by atoms with Crippen LogP contribution >= 0.6 is 23.2 Å². The average molecular weight is 410 g/mol. The SMILES string of the molecule is Cc1ccc(NCC(=O)NNC(=O)C(C)Oc2ccc(Cl)cc2Cl)c(C)c1. The van der Waals surface area contributed by atoms with Gasteiger partial charge in [0.15, 0.2) is 6.10 Å². The molecule has 0 radical (unpaired) electrons. The van der Waals surface area contributed by atoms with Crippen molar-refractivity contribution in [2.45, 2.75) is 26.9 Å². The Balaban J connectivity index is 1.79. The van der Waals surface area contributed by atoms with Crippen molar-refractivity contribution in [1.82, 2.24) is 10.9 Å². The Morgan fingerprint density at radius 2 is 1.81 bits per heavy atom. The predicted octanol–water partition coefficient (Wildman–Crippen LogP) is 3.64. The van der Waals surface area contributed by atoms with Crippen LogP contribution in [0.1, 0.15) is 18.1 Å². The Bertz CT molecular complexity index is 843. The second kappa shape index (κ2) is 9.48. The molecule has 0 heterocycles. The topological polar surface area (TPSA) is 79.5 Å². The maximum absolute atomic E-state index is 12.1. The van der Waals surface area contributed by atoms with E-state index < -0.39 is 12.0 Å². The summed E-state index contributed by atoms with van der Waals surface area (Å²) >= 11 is 11.8. The van der Waals surface area contributed by atoms with Gasteiger partial charge in [0.05, 0.1) is 11.6 Å². The van der Waals surface area contributed by atoms with Gasteiger partial charge in [-0.25, -0.2) is 0 Å². The molecule has 2 rings (SSSR count). The molecule has 0 bridgehead atoms. The highest BCUT2D eigenvalue weighted by atomic mass is 35.5. The lowest BCUT2D eigenvalue weighted by Gasteiger charge is -2.16. The molecular weight excluding hydrogens is 389 g/mol. The van der Waals surface area contributed by atoms with Crippen LogP contribution in [0.3, 0.4) is 0 Å². The average Bonchev–Trinajstić information content (AvgIpc) is 2.61. The van der Waals surface area contributed by atoms with Crippen LogP contribution in [-0.2, 0) is 9.59 Å². The number of hydrazine groups is 1. The van der Waals surface area contributed by atoms with Crippen molar-refractivity contribution >= 4 is 40.7 Å². The Kier molecular flexibility index (Phi) is 7.33. The van der Waals surface area contributed by atoms with E-state index in [1.165, 1.54) is 6.07 Å². The first kappa shape index (κ1) is 20.9. The number of amides is 2. The zero-order chi connectivity index (χ0) is 20.0. The van der Waals surface area contributed by atoms with Gasteiger partial charge in [0.25, 0.3) is 11.8 Å². The second-order valence-corrected chi connectivity index (χ2v) is 6.89. The Morgan fingerprint density at radius 3 is 2.48 bits per heavy atom. The first-order valence-electron chi connectivity index (χ1n) is 8.28. The molecule has 0 saturated carbocycles. The van der Waals surface area contributed by atoms with Crippen molar-refractivity contribution in [3.05, 3.63) is 57.6 Å². The van der Waals surface area contributed by atoms with Gasteiger partial charge in [-0.05, 0) is 50.6 Å². The fourth-order valence-corrected chi connectivity index (χ4v) is 2.73. The molecule has 144 valence electrons. The second-order valence-electron chi connectivity index (χ2n) is 6.04. The van der Waals surface area contributed by atoms with E-state index in [0.29, 0.717) is 15.8 Å². The molecule has 0 aliphatic carbocycles. The molecule has 0 aliphatic heterocycles. The Labute approximate surface area is 168 Å². The summed E-state index contributed by atoms with van der Waals surface area (Å²) in [5.41, 5.74) is 7.70. The predicted molar refractivity (Wildman–Crippen MR) is 107 cm³/mol. The molecule has 0 spiro atoms. The van der Waals surface area contributed by atoms with Crippen LogP contribution in [0.15, 0.2) is 36.4 Å². The highest BCUT2D eigenvalue weighted by molar-refractivity contribution is 6.35. The van der Waals surface area contributed by atoms with Crippen molar-refractivity contribution in [3.8, 4) is 5.75 Å². The van der Waals surface area contributed by atoms with Crippen LogP contribution in [0.5, 0.6) is 5.75 Å². The number of aryl methyl sites for hydroxylation is 2. The first-order chi connectivity index (χ1) is 12.8. The molecule has 0 aromatic heterocycles. The third-order valence-corrected chi connectivity index (χ3v) is 4.24. The fraction of sp³-hybridized carbons (Fsp3) is 0.263. The van der Waals surface area contributed by atoms with E-state index in [0.717, 1.165) is 16.8 Å². The molecular formula is C19H21Cl2N3O3. The van der Waals surface area contributed by atoms with Gasteiger partial charge in [-0.15, -0.1) is 0 Å². The zero-order valence-corrected chi connectivity index (χ0v) is 16.7. The summed E-state index contributed by atoms with van der Waals surface area (Å²) in [5.74, 6) is -0.576. The third kappa shape index (κ3) is 6.34. The minimum Gasteiger partial charge on any atom is -0.479 e. The van der Waals surface area contributed by atoms with Crippen molar-refractivity contribution in [2.75, 3.05) is 11.9 Å². The largest absolute Gasteiger partial charge is 0.479 e. The summed E-state index contributed by atoms with van der Waals surface area (Å²) in [6.07, 6.45) is -0.865. The van der Waals surface area contributed by atoms with Crippen molar-refractivity contribution < 1.29 is 14.3 Å². The molecule has 27 heavy (non-hydrogen) atoms. The van der Waals surface area contributed by atoms with Crippen LogP contribution in [0.2, 0.25) is 10.0 Å². The maximum atomic E-state index is 12.1. The normalized spacial score (nSPS) is 11.4. The number of carbonyl (C=O) groups excluding carboxylic acids is 2. The van der Waals surface area contributed by atoms with Crippen LogP contribution in [-0.4, -0.2) is 24.5 Å². The first-order valence-corrected chi connectivity index (χ1v) is 9.03. The monoisotopic (exact) mass is 409 g/mol. The summed E-state index contributed by atoms with van der Waals surface area (Å²) in [5, 5.41) is 3.78. The molecule has 6 nitrogen and oxygen atoms in total. The molecule has 1 atom stereocenters. The molecule has 2 aromatic carbocycles. The summed E-state index contributed by atoms with van der Waals surface area (Å²) in [6, 6.07) is 10.6. The Hall–Kier alpha value is -2.44. The van der Waals surface area contributed by atoms with Crippen LogP contribution in [0, 0.1) is 13.8 Å². The standard InChI is InChI=1S/C19H21Cl2N3O3/c1-11-4-6-16(12(2)8-11)22-10-18(25)23-24-19(26)13(3)27-17-7-5-14(20)9-15(17)21/h4-9,13,22H,10H2,1-3H3,(H,23,25)(H,24,26). The van der Waals surface area contributed by atoms with Gasteiger partial charge in [0.2, 0.25) is 0 Å². The Morgan fingerprint density at radius 1 is 1.07 bits per heavy atom. The minimum atomic E-state index is -0.865. The summed E-state index contributed by atoms with van der Waals surface area (Å²) < 4.78 is 5.48. The fourth-order valence-electron chi connectivity index (χ4n) is 2.28. The van der Waals surface area contributed by atoms with E-state index in [2.05, 4.69) is 16.2 Å². The van der Waals surface area contributed by atoms with Crippen molar-refractivity contribution in [1.29, 1.82) is 0 Å². The number of anilines is 1. The van der Waals surface area contributed by atoms with E-state index in [1.54, 1.807) is 19.1 Å². The lowest BCUT2D eigenvalue weighted by atomic mass is 10.1. The lowest BCUT2D eigenvalue weighted by molar-refractivity contribution is -0.132. The maximum Gasteiger partial charge on any atom is 0.279 e. The zero-order valence-electron chi connectivity index (χ0n) is 15.2. The van der Waals surface area contributed by atoms with E-state index in [1.807, 2.05) is 32.0 Å². The lowest BCUT2D eigenvalue weighted by Crippen LogP contribution is -2.48. The van der Waals surface area contributed by atoms with Gasteiger partial charge in [0, 0.05) is 10.7 Å². The molecule has 0 aliphatic rings. The number of carbonyl (C=O) groups is 2. The van der Waals surface area contributed by atoms with Crippen LogP contribution in [0.4, 0.5) is 5.69 Å². The van der Waals surface area contributed by atoms with Gasteiger partial charge in [0.1, 0.15) is 5.75 Å². The highest BCUT2D eigenvalue weighted by Crippen LogP contribution is 2.28. The van der Waals surface area contributed by atoms with E-state index in [9.17, 15) is 9.59 Å². The van der Waals surface area contributed by atoms with Gasteiger partial charge in [-0.2, -0.15) is 0 Å². The summed E-state index contributed by atoms with van der Waals surface area (Å²) in [4.78, 5) is 24.0. The molecule has 1 unspecified atom stereocenters. The van der Waals surface area contributed by atoms with Gasteiger partial charge >= 0.3 is 0 Å². The number of hydrogen-bond acceptors (Lipinski definition) is 4. The molecule has 3 N–H and O–H groups in total. The summed E-state index contributed by atoms with van der Waals surface area (Å²) in [7, 11) is 0. The smallest absolute Gasteiger partial charge is 0.279 e. The number of rotatable bonds is 6. The summed E-state index contributed by atoms with van der Waals surface area (Å²) in [6.45, 7) is 5.51. The molecule has 0 fully saturated rings. The number of benzene rings is 2. The van der Waals surface area contributed by atoms with Gasteiger partial charge in [-0.1, -0.05) is 40.9 Å². The number of halogens is 2. The van der Waals surface area contributed by atoms with Crippen LogP contribution < -0.4 is 20.9 Å². The van der Waals surface area contributed by atoms with E-state index in [-0.39, 0.29) is 12.5 Å². The quantitative estimate of drug-likeness (QED) is 0.636. The van der Waals surface area contributed by atoms with E-state index in [4.69, 9.17) is 27.9 Å².